The van der Waals surface area contributed by atoms with Crippen LogP contribution in [0.15, 0.2) is 12.1 Å². The van der Waals surface area contributed by atoms with Gasteiger partial charge in [-0.25, -0.2) is 13.6 Å². The molecule has 1 aromatic rings. The lowest BCUT2D eigenvalue weighted by atomic mass is 9.85. The summed E-state index contributed by atoms with van der Waals surface area (Å²) in [7, 11) is 0. The minimum absolute atomic E-state index is 0.0826. The Morgan fingerprint density at radius 2 is 1.95 bits per heavy atom. The highest BCUT2D eigenvalue weighted by molar-refractivity contribution is 6.33. The van der Waals surface area contributed by atoms with Crippen LogP contribution in [0.25, 0.3) is 0 Å². The molecule has 3 N–H and O–H groups in total. The van der Waals surface area contributed by atoms with Crippen molar-refractivity contribution >= 4 is 23.3 Å². The standard InChI is InChI=1S/C14H17ClF2N2O2/c15-10-6-9(16)7-11(17)12(10)19-13(20)18-8-14(21)4-2-1-3-5-14/h6-7,21H,1-5,8H2,(H2,18,19,20). The predicted octanol–water partition coefficient (Wildman–Crippen LogP) is 3.43. The number of halogens is 3. The van der Waals surface area contributed by atoms with Gasteiger partial charge in [-0.3, -0.25) is 0 Å². The molecule has 0 aromatic heterocycles. The summed E-state index contributed by atoms with van der Waals surface area (Å²) in [5.41, 5.74) is -1.20. The van der Waals surface area contributed by atoms with Crippen molar-refractivity contribution in [2.75, 3.05) is 11.9 Å². The van der Waals surface area contributed by atoms with Crippen molar-refractivity contribution in [1.82, 2.24) is 5.32 Å². The lowest BCUT2D eigenvalue weighted by molar-refractivity contribution is 0.00755. The highest BCUT2D eigenvalue weighted by atomic mass is 35.5. The van der Waals surface area contributed by atoms with Gasteiger partial charge in [0.15, 0.2) is 5.82 Å². The number of hydrogen-bond donors (Lipinski definition) is 3. The van der Waals surface area contributed by atoms with E-state index in [1.807, 2.05) is 0 Å². The third-order valence-electron chi connectivity index (χ3n) is 3.61. The highest BCUT2D eigenvalue weighted by Crippen LogP contribution is 2.28. The number of urea groups is 1. The summed E-state index contributed by atoms with van der Waals surface area (Å²) < 4.78 is 26.4. The van der Waals surface area contributed by atoms with Crippen molar-refractivity contribution in [2.24, 2.45) is 0 Å². The topological polar surface area (TPSA) is 61.4 Å². The Hall–Kier alpha value is -1.40. The van der Waals surface area contributed by atoms with Gasteiger partial charge in [-0.1, -0.05) is 30.9 Å². The fourth-order valence-electron chi connectivity index (χ4n) is 2.45. The van der Waals surface area contributed by atoms with Crippen LogP contribution in [-0.4, -0.2) is 23.3 Å². The van der Waals surface area contributed by atoms with Crippen LogP contribution >= 0.6 is 11.6 Å². The summed E-state index contributed by atoms with van der Waals surface area (Å²) in [6.45, 7) is 0.0826. The van der Waals surface area contributed by atoms with Gasteiger partial charge < -0.3 is 15.7 Å². The number of amides is 2. The van der Waals surface area contributed by atoms with Crippen LogP contribution in [0.2, 0.25) is 5.02 Å². The first-order valence-corrected chi connectivity index (χ1v) is 7.19. The maximum Gasteiger partial charge on any atom is 0.319 e. The molecule has 0 spiro atoms. The second-order valence-corrected chi connectivity index (χ2v) is 5.74. The zero-order valence-corrected chi connectivity index (χ0v) is 12.1. The summed E-state index contributed by atoms with van der Waals surface area (Å²) >= 11 is 5.68. The number of carbonyl (C=O) groups is 1. The van der Waals surface area contributed by atoms with Crippen LogP contribution in [0.1, 0.15) is 32.1 Å². The molecule has 1 saturated carbocycles. The van der Waals surface area contributed by atoms with Crippen molar-refractivity contribution in [3.63, 3.8) is 0 Å². The molecule has 1 fully saturated rings. The molecule has 0 unspecified atom stereocenters. The number of aliphatic hydroxyl groups is 1. The molecule has 1 aromatic carbocycles. The molecule has 7 heteroatoms. The number of carbonyl (C=O) groups excluding carboxylic acids is 1. The molecule has 4 nitrogen and oxygen atoms in total. The molecule has 0 atom stereocenters. The van der Waals surface area contributed by atoms with Crippen molar-refractivity contribution in [2.45, 2.75) is 37.7 Å². The Balaban J connectivity index is 1.93. The first-order valence-electron chi connectivity index (χ1n) is 6.81. The minimum atomic E-state index is -0.952. The summed E-state index contributed by atoms with van der Waals surface area (Å²) in [6, 6.07) is 0.854. The van der Waals surface area contributed by atoms with Gasteiger partial charge >= 0.3 is 6.03 Å². The van der Waals surface area contributed by atoms with Crippen molar-refractivity contribution in [3.8, 4) is 0 Å². The van der Waals surface area contributed by atoms with E-state index in [-0.39, 0.29) is 17.3 Å². The zero-order valence-electron chi connectivity index (χ0n) is 11.4. The van der Waals surface area contributed by atoms with Crippen LogP contribution in [0.4, 0.5) is 19.3 Å². The smallest absolute Gasteiger partial charge is 0.319 e. The molecule has 2 rings (SSSR count). The Bertz CT molecular complexity index is 511. The van der Waals surface area contributed by atoms with Gasteiger partial charge in [0.2, 0.25) is 0 Å². The third kappa shape index (κ3) is 4.28. The Morgan fingerprint density at radius 1 is 1.29 bits per heavy atom. The number of anilines is 1. The summed E-state index contributed by atoms with van der Waals surface area (Å²) in [5, 5.41) is 14.7. The van der Waals surface area contributed by atoms with Crippen LogP contribution < -0.4 is 10.6 Å². The van der Waals surface area contributed by atoms with Gasteiger partial charge in [-0.15, -0.1) is 0 Å². The van der Waals surface area contributed by atoms with E-state index < -0.39 is 23.3 Å². The molecule has 1 aliphatic carbocycles. The SMILES string of the molecule is O=C(NCC1(O)CCCCC1)Nc1c(F)cc(F)cc1Cl. The molecule has 0 heterocycles. The average molecular weight is 319 g/mol. The monoisotopic (exact) mass is 318 g/mol. The first kappa shape index (κ1) is 16.0. The van der Waals surface area contributed by atoms with E-state index >= 15 is 0 Å². The summed E-state index contributed by atoms with van der Waals surface area (Å²) in [6.07, 6.45) is 4.15. The molecule has 2 amide bonds. The number of hydrogen-bond acceptors (Lipinski definition) is 2. The second-order valence-electron chi connectivity index (χ2n) is 5.34. The fraction of sp³-hybridized carbons (Fsp3) is 0.500. The van der Waals surface area contributed by atoms with Crippen molar-refractivity contribution in [1.29, 1.82) is 0 Å². The lowest BCUT2D eigenvalue weighted by Crippen LogP contribution is -2.45. The van der Waals surface area contributed by atoms with Crippen molar-refractivity contribution in [3.05, 3.63) is 28.8 Å². The quantitative estimate of drug-likeness (QED) is 0.799. The molecule has 0 bridgehead atoms. The normalized spacial score (nSPS) is 17.3. The summed E-state index contributed by atoms with van der Waals surface area (Å²) in [4.78, 5) is 11.7. The lowest BCUT2D eigenvalue weighted by Gasteiger charge is -2.32. The average Bonchev–Trinajstić information content (AvgIpc) is 2.41. The molecule has 1 aliphatic rings. The maximum atomic E-state index is 13.5. The van der Waals surface area contributed by atoms with Gasteiger partial charge in [0.1, 0.15) is 5.82 Å². The number of rotatable bonds is 3. The predicted molar refractivity (Wildman–Crippen MR) is 76.4 cm³/mol. The fourth-order valence-corrected chi connectivity index (χ4v) is 2.69. The van der Waals surface area contributed by atoms with E-state index in [0.29, 0.717) is 18.9 Å². The molecule has 21 heavy (non-hydrogen) atoms. The van der Waals surface area contributed by atoms with E-state index in [1.165, 1.54) is 0 Å². The summed E-state index contributed by atoms with van der Waals surface area (Å²) in [5.74, 6) is -1.77. The van der Waals surface area contributed by atoms with Crippen LogP contribution in [0, 0.1) is 11.6 Å². The first-order chi connectivity index (χ1) is 9.89. The largest absolute Gasteiger partial charge is 0.388 e. The number of benzene rings is 1. The van der Waals surface area contributed by atoms with E-state index in [0.717, 1.165) is 25.3 Å². The number of nitrogens with one attached hydrogen (secondary N) is 2. The van der Waals surface area contributed by atoms with Crippen molar-refractivity contribution < 1.29 is 18.7 Å². The molecule has 0 saturated heterocycles. The zero-order chi connectivity index (χ0) is 15.5. The Labute approximate surface area is 126 Å². The van der Waals surface area contributed by atoms with Crippen LogP contribution in [0.3, 0.4) is 0 Å². The van der Waals surface area contributed by atoms with E-state index in [9.17, 15) is 18.7 Å². The van der Waals surface area contributed by atoms with Gasteiger partial charge in [0.25, 0.3) is 0 Å². The van der Waals surface area contributed by atoms with Gasteiger partial charge in [-0.05, 0) is 18.9 Å². The highest BCUT2D eigenvalue weighted by Gasteiger charge is 2.29. The molecular weight excluding hydrogens is 302 g/mol. The van der Waals surface area contributed by atoms with E-state index in [4.69, 9.17) is 11.6 Å². The van der Waals surface area contributed by atoms with E-state index in [1.54, 1.807) is 0 Å². The molecule has 0 aliphatic heterocycles. The minimum Gasteiger partial charge on any atom is -0.388 e. The maximum absolute atomic E-state index is 13.5. The molecular formula is C14H17ClF2N2O2. The Morgan fingerprint density at radius 3 is 2.57 bits per heavy atom. The van der Waals surface area contributed by atoms with Gasteiger partial charge in [-0.2, -0.15) is 0 Å². The molecule has 0 radical (unpaired) electrons. The Kier molecular flexibility index (Phi) is 5.00. The molecule has 116 valence electrons. The third-order valence-corrected chi connectivity index (χ3v) is 3.91. The van der Waals surface area contributed by atoms with Crippen LogP contribution in [-0.2, 0) is 0 Å². The van der Waals surface area contributed by atoms with Crippen LogP contribution in [0.5, 0.6) is 0 Å². The van der Waals surface area contributed by atoms with Gasteiger partial charge in [0.05, 0.1) is 16.3 Å². The second kappa shape index (κ2) is 6.58. The van der Waals surface area contributed by atoms with E-state index in [2.05, 4.69) is 10.6 Å². The van der Waals surface area contributed by atoms with Gasteiger partial charge in [0, 0.05) is 12.6 Å².